The topological polar surface area (TPSA) is 40.5 Å². The highest BCUT2D eigenvalue weighted by atomic mass is 35.5. The fourth-order valence-corrected chi connectivity index (χ4v) is 3.31. The van der Waals surface area contributed by atoms with Gasteiger partial charge in [0.15, 0.2) is 0 Å². The molecule has 2 unspecified atom stereocenters. The third kappa shape index (κ3) is 3.47. The smallest absolute Gasteiger partial charge is 0.303 e. The molecule has 2 atom stereocenters. The van der Waals surface area contributed by atoms with Gasteiger partial charge in [0.2, 0.25) is 0 Å². The van der Waals surface area contributed by atoms with Gasteiger partial charge in [-0.3, -0.25) is 4.79 Å². The van der Waals surface area contributed by atoms with Crippen LogP contribution in [0.25, 0.3) is 0 Å². The molecule has 0 aromatic carbocycles. The first kappa shape index (κ1) is 13.5. The highest BCUT2D eigenvalue weighted by molar-refractivity contribution is 7.16. The van der Waals surface area contributed by atoms with Crippen LogP contribution in [0.2, 0.25) is 4.34 Å². The van der Waals surface area contributed by atoms with Crippen LogP contribution >= 0.6 is 22.9 Å². The van der Waals surface area contributed by atoms with Crippen molar-refractivity contribution in [3.63, 3.8) is 0 Å². The Morgan fingerprint density at radius 1 is 1.56 bits per heavy atom. The molecular formula is C11H16ClNO2S. The molecule has 0 spiro atoms. The Morgan fingerprint density at radius 2 is 2.19 bits per heavy atom. The molecular weight excluding hydrogens is 246 g/mol. The molecule has 1 rings (SSSR count). The standard InChI is InChI=1S/C11H16ClNO2S/c1-7(6-10(14)15)11(13(2)3)8-4-5-9(12)16-8/h4-5,7,11H,6H2,1-3H3,(H,14,15). The number of halogens is 1. The summed E-state index contributed by atoms with van der Waals surface area (Å²) >= 11 is 7.41. The summed E-state index contributed by atoms with van der Waals surface area (Å²) in [5.74, 6) is -0.704. The Morgan fingerprint density at radius 3 is 2.56 bits per heavy atom. The maximum atomic E-state index is 10.7. The quantitative estimate of drug-likeness (QED) is 0.885. The summed E-state index contributed by atoms with van der Waals surface area (Å²) in [5.41, 5.74) is 0. The zero-order chi connectivity index (χ0) is 12.3. The van der Waals surface area contributed by atoms with Crippen LogP contribution in [0.4, 0.5) is 0 Å². The van der Waals surface area contributed by atoms with Crippen molar-refractivity contribution in [2.45, 2.75) is 19.4 Å². The second-order valence-corrected chi connectivity index (χ2v) is 5.87. The summed E-state index contributed by atoms with van der Waals surface area (Å²) in [4.78, 5) is 13.9. The van der Waals surface area contributed by atoms with Crippen LogP contribution < -0.4 is 0 Å². The molecule has 0 saturated carbocycles. The number of hydrogen-bond acceptors (Lipinski definition) is 3. The van der Waals surface area contributed by atoms with Crippen molar-refractivity contribution < 1.29 is 9.90 Å². The number of nitrogens with zero attached hydrogens (tertiary/aromatic N) is 1. The highest BCUT2D eigenvalue weighted by Gasteiger charge is 2.24. The van der Waals surface area contributed by atoms with E-state index in [1.165, 1.54) is 11.3 Å². The Balaban J connectivity index is 2.86. The van der Waals surface area contributed by atoms with E-state index < -0.39 is 5.97 Å². The summed E-state index contributed by atoms with van der Waals surface area (Å²) in [7, 11) is 3.91. The highest BCUT2D eigenvalue weighted by Crippen LogP contribution is 2.35. The van der Waals surface area contributed by atoms with Crippen LogP contribution in [0.1, 0.15) is 24.3 Å². The van der Waals surface area contributed by atoms with Crippen LogP contribution in [0.15, 0.2) is 12.1 Å². The third-order valence-corrected chi connectivity index (χ3v) is 3.78. The zero-order valence-corrected chi connectivity index (χ0v) is 11.2. The lowest BCUT2D eigenvalue weighted by molar-refractivity contribution is -0.138. The van der Waals surface area contributed by atoms with E-state index in [0.717, 1.165) is 9.21 Å². The van der Waals surface area contributed by atoms with Gasteiger partial charge in [-0.15, -0.1) is 11.3 Å². The van der Waals surface area contributed by atoms with Gasteiger partial charge in [0.1, 0.15) is 0 Å². The van der Waals surface area contributed by atoms with Crippen LogP contribution in [0, 0.1) is 5.92 Å². The van der Waals surface area contributed by atoms with Crippen molar-refractivity contribution in [1.82, 2.24) is 4.90 Å². The zero-order valence-electron chi connectivity index (χ0n) is 9.61. The van der Waals surface area contributed by atoms with Crippen LogP contribution in [-0.4, -0.2) is 30.1 Å². The van der Waals surface area contributed by atoms with E-state index in [1.807, 2.05) is 38.1 Å². The van der Waals surface area contributed by atoms with Gasteiger partial charge < -0.3 is 10.0 Å². The third-order valence-electron chi connectivity index (χ3n) is 2.48. The molecule has 1 aromatic rings. The molecule has 1 heterocycles. The molecule has 1 aromatic heterocycles. The molecule has 3 nitrogen and oxygen atoms in total. The summed E-state index contributed by atoms with van der Waals surface area (Å²) in [5, 5.41) is 8.83. The SMILES string of the molecule is CC(CC(=O)O)C(c1ccc(Cl)s1)N(C)C. The van der Waals surface area contributed by atoms with E-state index in [1.54, 1.807) is 0 Å². The molecule has 0 amide bonds. The number of carboxylic acid groups (broad SMARTS) is 1. The average Bonchev–Trinajstić information content (AvgIpc) is 2.49. The minimum Gasteiger partial charge on any atom is -0.481 e. The van der Waals surface area contributed by atoms with E-state index in [-0.39, 0.29) is 18.4 Å². The lowest BCUT2D eigenvalue weighted by Gasteiger charge is -2.28. The van der Waals surface area contributed by atoms with E-state index in [2.05, 4.69) is 0 Å². The van der Waals surface area contributed by atoms with Gasteiger partial charge in [0.05, 0.1) is 4.34 Å². The van der Waals surface area contributed by atoms with Crippen molar-refractivity contribution in [2.24, 2.45) is 5.92 Å². The first-order valence-corrected chi connectivity index (χ1v) is 6.24. The first-order valence-electron chi connectivity index (χ1n) is 5.05. The number of hydrogen-bond donors (Lipinski definition) is 1. The normalized spacial score (nSPS) is 15.1. The summed E-state index contributed by atoms with van der Waals surface area (Å²) in [6.45, 7) is 1.95. The Labute approximate surface area is 105 Å². The van der Waals surface area contributed by atoms with Crippen molar-refractivity contribution in [1.29, 1.82) is 0 Å². The molecule has 5 heteroatoms. The van der Waals surface area contributed by atoms with Crippen LogP contribution in [0.5, 0.6) is 0 Å². The van der Waals surface area contributed by atoms with Crippen molar-refractivity contribution in [3.05, 3.63) is 21.3 Å². The number of rotatable bonds is 5. The lowest BCUT2D eigenvalue weighted by atomic mass is 9.96. The van der Waals surface area contributed by atoms with E-state index >= 15 is 0 Å². The van der Waals surface area contributed by atoms with Crippen molar-refractivity contribution in [2.75, 3.05) is 14.1 Å². The lowest BCUT2D eigenvalue weighted by Crippen LogP contribution is -2.26. The largest absolute Gasteiger partial charge is 0.481 e. The number of carboxylic acids is 1. The molecule has 90 valence electrons. The van der Waals surface area contributed by atoms with Crippen LogP contribution in [-0.2, 0) is 4.79 Å². The second kappa shape index (κ2) is 5.66. The summed E-state index contributed by atoms with van der Waals surface area (Å²) < 4.78 is 0.740. The fraction of sp³-hybridized carbons (Fsp3) is 0.545. The van der Waals surface area contributed by atoms with Gasteiger partial charge in [0.25, 0.3) is 0 Å². The van der Waals surface area contributed by atoms with Gasteiger partial charge in [-0.2, -0.15) is 0 Å². The molecule has 1 N–H and O–H groups in total. The summed E-state index contributed by atoms with van der Waals surface area (Å²) in [6, 6.07) is 3.93. The molecule has 16 heavy (non-hydrogen) atoms. The molecule has 0 radical (unpaired) electrons. The average molecular weight is 262 g/mol. The number of aliphatic carboxylic acids is 1. The van der Waals surface area contributed by atoms with Gasteiger partial charge in [0, 0.05) is 17.3 Å². The molecule has 0 aliphatic carbocycles. The fourth-order valence-electron chi connectivity index (χ4n) is 1.92. The van der Waals surface area contributed by atoms with E-state index in [4.69, 9.17) is 16.7 Å². The molecule has 0 saturated heterocycles. The number of carbonyl (C=O) groups is 1. The minimum absolute atomic E-state index is 0.0576. The van der Waals surface area contributed by atoms with Gasteiger partial charge in [-0.25, -0.2) is 0 Å². The maximum absolute atomic E-state index is 10.7. The van der Waals surface area contributed by atoms with Gasteiger partial charge in [-0.1, -0.05) is 18.5 Å². The van der Waals surface area contributed by atoms with Crippen LogP contribution in [0.3, 0.4) is 0 Å². The predicted octanol–water partition coefficient (Wildman–Crippen LogP) is 3.12. The van der Waals surface area contributed by atoms with Crippen molar-refractivity contribution >= 4 is 28.9 Å². The monoisotopic (exact) mass is 261 g/mol. The molecule has 0 aliphatic rings. The van der Waals surface area contributed by atoms with E-state index in [9.17, 15) is 4.79 Å². The summed E-state index contributed by atoms with van der Waals surface area (Å²) in [6.07, 6.45) is 0.165. The van der Waals surface area contributed by atoms with Crippen molar-refractivity contribution in [3.8, 4) is 0 Å². The second-order valence-electron chi connectivity index (χ2n) is 4.13. The minimum atomic E-state index is -0.762. The number of thiophene rings is 1. The van der Waals surface area contributed by atoms with E-state index in [0.29, 0.717) is 0 Å². The Bertz CT molecular complexity index is 365. The maximum Gasteiger partial charge on any atom is 0.303 e. The Hall–Kier alpha value is -0.580. The Kier molecular flexibility index (Phi) is 4.77. The molecule has 0 fully saturated rings. The molecule has 0 bridgehead atoms. The predicted molar refractivity (Wildman–Crippen MR) is 67.2 cm³/mol. The van der Waals surface area contributed by atoms with Gasteiger partial charge >= 0.3 is 5.97 Å². The van der Waals surface area contributed by atoms with Gasteiger partial charge in [-0.05, 0) is 32.1 Å². The molecule has 0 aliphatic heterocycles. The first-order chi connectivity index (χ1) is 7.41.